The molecule has 2 heteroatoms. The average Bonchev–Trinajstić information content (AvgIpc) is 2.63. The van der Waals surface area contributed by atoms with Gasteiger partial charge in [0.2, 0.25) is 0 Å². The van der Waals surface area contributed by atoms with E-state index in [0.717, 1.165) is 19.1 Å². The average molecular weight is 210 g/mol. The van der Waals surface area contributed by atoms with E-state index in [1.165, 1.54) is 37.9 Å². The predicted molar refractivity (Wildman–Crippen MR) is 67.2 cm³/mol. The number of hydrogen-bond donors (Lipinski definition) is 1. The van der Waals surface area contributed by atoms with Gasteiger partial charge in [0.1, 0.15) is 0 Å². The molecule has 1 aliphatic rings. The first-order valence-electron chi connectivity index (χ1n) is 6.32. The summed E-state index contributed by atoms with van der Waals surface area (Å²) in [5, 5.41) is 3.53. The zero-order chi connectivity index (χ0) is 11.1. The van der Waals surface area contributed by atoms with Gasteiger partial charge in [0.25, 0.3) is 0 Å². The molecule has 0 aromatic heterocycles. The van der Waals surface area contributed by atoms with E-state index in [-0.39, 0.29) is 0 Å². The second kappa shape index (κ2) is 7.02. The van der Waals surface area contributed by atoms with Crippen LogP contribution >= 0.6 is 0 Å². The maximum Gasteiger partial charge on any atom is 0.0224 e. The predicted octanol–water partition coefficient (Wildman–Crippen LogP) is 2.42. The molecule has 2 nitrogen and oxygen atoms in total. The van der Waals surface area contributed by atoms with Crippen LogP contribution in [-0.2, 0) is 0 Å². The SMILES string of the molecule is CCCNCC1CCCN1CC=C(C)C. The molecule has 1 aliphatic heterocycles. The molecule has 0 aromatic carbocycles. The first-order valence-corrected chi connectivity index (χ1v) is 6.32. The van der Waals surface area contributed by atoms with Crippen LogP contribution in [0.4, 0.5) is 0 Å². The van der Waals surface area contributed by atoms with E-state index in [9.17, 15) is 0 Å². The molecule has 0 radical (unpaired) electrons. The van der Waals surface area contributed by atoms with E-state index in [1.807, 2.05) is 0 Å². The molecule has 88 valence electrons. The van der Waals surface area contributed by atoms with Gasteiger partial charge in [-0.25, -0.2) is 0 Å². The topological polar surface area (TPSA) is 15.3 Å². The van der Waals surface area contributed by atoms with Crippen molar-refractivity contribution in [2.75, 3.05) is 26.2 Å². The molecule has 1 unspecified atom stereocenters. The lowest BCUT2D eigenvalue weighted by Gasteiger charge is -2.23. The quantitative estimate of drug-likeness (QED) is 0.535. The summed E-state index contributed by atoms with van der Waals surface area (Å²) in [5.41, 5.74) is 1.43. The van der Waals surface area contributed by atoms with Crippen LogP contribution in [0.2, 0.25) is 0 Å². The fraction of sp³-hybridized carbons (Fsp3) is 0.846. The highest BCUT2D eigenvalue weighted by Gasteiger charge is 2.22. The summed E-state index contributed by atoms with van der Waals surface area (Å²) in [5.74, 6) is 0. The number of allylic oxidation sites excluding steroid dienone is 1. The number of hydrogen-bond acceptors (Lipinski definition) is 2. The van der Waals surface area contributed by atoms with Gasteiger partial charge in [-0.1, -0.05) is 18.6 Å². The van der Waals surface area contributed by atoms with E-state index in [2.05, 4.69) is 37.1 Å². The van der Waals surface area contributed by atoms with E-state index < -0.39 is 0 Å². The van der Waals surface area contributed by atoms with Gasteiger partial charge in [-0.2, -0.15) is 0 Å². The molecule has 1 rings (SSSR count). The third-order valence-electron chi connectivity index (χ3n) is 3.04. The molecule has 1 N–H and O–H groups in total. The first-order chi connectivity index (χ1) is 7.24. The lowest BCUT2D eigenvalue weighted by atomic mass is 10.2. The van der Waals surface area contributed by atoms with Gasteiger partial charge in [-0.15, -0.1) is 0 Å². The highest BCUT2D eigenvalue weighted by atomic mass is 15.2. The van der Waals surface area contributed by atoms with Crippen LogP contribution in [0.25, 0.3) is 0 Å². The molecular weight excluding hydrogens is 184 g/mol. The Hall–Kier alpha value is -0.340. The van der Waals surface area contributed by atoms with E-state index in [1.54, 1.807) is 0 Å². The number of nitrogens with one attached hydrogen (secondary N) is 1. The van der Waals surface area contributed by atoms with Crippen molar-refractivity contribution >= 4 is 0 Å². The van der Waals surface area contributed by atoms with Crippen molar-refractivity contribution in [1.29, 1.82) is 0 Å². The second-order valence-electron chi connectivity index (χ2n) is 4.78. The molecule has 15 heavy (non-hydrogen) atoms. The Morgan fingerprint density at radius 1 is 1.47 bits per heavy atom. The Morgan fingerprint density at radius 3 is 2.93 bits per heavy atom. The molecule has 0 amide bonds. The van der Waals surface area contributed by atoms with Gasteiger partial charge in [-0.05, 0) is 46.2 Å². The lowest BCUT2D eigenvalue weighted by molar-refractivity contribution is 0.272. The Kier molecular flexibility index (Phi) is 5.96. The van der Waals surface area contributed by atoms with Crippen molar-refractivity contribution in [2.24, 2.45) is 0 Å². The lowest BCUT2D eigenvalue weighted by Crippen LogP contribution is -2.38. The minimum Gasteiger partial charge on any atom is -0.315 e. The minimum atomic E-state index is 0.771. The first kappa shape index (κ1) is 12.7. The minimum absolute atomic E-state index is 0.771. The molecule has 0 aromatic rings. The summed E-state index contributed by atoms with van der Waals surface area (Å²) in [6.45, 7) is 11.3. The summed E-state index contributed by atoms with van der Waals surface area (Å²) in [6.07, 6.45) is 6.32. The molecule has 1 fully saturated rings. The van der Waals surface area contributed by atoms with Crippen LogP contribution in [0.15, 0.2) is 11.6 Å². The van der Waals surface area contributed by atoms with Crippen molar-refractivity contribution in [3.8, 4) is 0 Å². The van der Waals surface area contributed by atoms with E-state index in [4.69, 9.17) is 0 Å². The third-order valence-corrected chi connectivity index (χ3v) is 3.04. The van der Waals surface area contributed by atoms with Crippen molar-refractivity contribution in [2.45, 2.75) is 46.1 Å². The zero-order valence-corrected chi connectivity index (χ0v) is 10.6. The summed E-state index contributed by atoms with van der Waals surface area (Å²) >= 11 is 0. The van der Waals surface area contributed by atoms with E-state index >= 15 is 0 Å². The van der Waals surface area contributed by atoms with Gasteiger partial charge in [-0.3, -0.25) is 4.90 Å². The van der Waals surface area contributed by atoms with Crippen molar-refractivity contribution in [1.82, 2.24) is 10.2 Å². The normalized spacial score (nSPS) is 21.9. The van der Waals surface area contributed by atoms with Crippen molar-refractivity contribution < 1.29 is 0 Å². The van der Waals surface area contributed by atoms with Crippen LogP contribution in [0.1, 0.15) is 40.0 Å². The summed E-state index contributed by atoms with van der Waals surface area (Å²) in [6, 6.07) is 0.771. The molecular formula is C13H26N2. The monoisotopic (exact) mass is 210 g/mol. The largest absolute Gasteiger partial charge is 0.315 e. The summed E-state index contributed by atoms with van der Waals surface area (Å²) in [4.78, 5) is 2.61. The Bertz CT molecular complexity index is 195. The number of nitrogens with zero attached hydrogens (tertiary/aromatic N) is 1. The second-order valence-corrected chi connectivity index (χ2v) is 4.78. The highest BCUT2D eigenvalue weighted by Crippen LogP contribution is 2.16. The van der Waals surface area contributed by atoms with Gasteiger partial charge >= 0.3 is 0 Å². The fourth-order valence-electron chi connectivity index (χ4n) is 2.11. The summed E-state index contributed by atoms with van der Waals surface area (Å²) < 4.78 is 0. The van der Waals surface area contributed by atoms with Gasteiger partial charge < -0.3 is 5.32 Å². The Labute approximate surface area is 94.7 Å². The van der Waals surface area contributed by atoms with Gasteiger partial charge in [0, 0.05) is 19.1 Å². The standard InChI is InChI=1S/C13H26N2/c1-4-8-14-11-13-6-5-9-15(13)10-7-12(2)3/h7,13-14H,4-6,8-11H2,1-3H3. The molecule has 0 saturated carbocycles. The van der Waals surface area contributed by atoms with E-state index in [0.29, 0.717) is 0 Å². The zero-order valence-electron chi connectivity index (χ0n) is 10.6. The maximum absolute atomic E-state index is 3.53. The number of rotatable bonds is 6. The Morgan fingerprint density at radius 2 is 2.27 bits per heavy atom. The van der Waals surface area contributed by atoms with Crippen molar-refractivity contribution in [3.05, 3.63) is 11.6 Å². The van der Waals surface area contributed by atoms with Crippen LogP contribution in [-0.4, -0.2) is 37.1 Å². The van der Waals surface area contributed by atoms with Crippen LogP contribution in [0.5, 0.6) is 0 Å². The third kappa shape index (κ3) is 4.80. The summed E-state index contributed by atoms with van der Waals surface area (Å²) in [7, 11) is 0. The van der Waals surface area contributed by atoms with Crippen LogP contribution in [0, 0.1) is 0 Å². The fourth-order valence-corrected chi connectivity index (χ4v) is 2.11. The van der Waals surface area contributed by atoms with Crippen molar-refractivity contribution in [3.63, 3.8) is 0 Å². The van der Waals surface area contributed by atoms with Gasteiger partial charge in [0.05, 0.1) is 0 Å². The van der Waals surface area contributed by atoms with Crippen LogP contribution in [0.3, 0.4) is 0 Å². The maximum atomic E-state index is 3.53. The molecule has 1 heterocycles. The molecule has 1 atom stereocenters. The highest BCUT2D eigenvalue weighted by molar-refractivity contribution is 4.97. The smallest absolute Gasteiger partial charge is 0.0224 e. The molecule has 0 aliphatic carbocycles. The van der Waals surface area contributed by atoms with Crippen LogP contribution < -0.4 is 5.32 Å². The molecule has 1 saturated heterocycles. The Balaban J connectivity index is 2.26. The van der Waals surface area contributed by atoms with Gasteiger partial charge in [0.15, 0.2) is 0 Å². The molecule has 0 bridgehead atoms. The molecule has 0 spiro atoms. The number of likely N-dealkylation sites (tertiary alicyclic amines) is 1.